The number of nitrogens with zero attached hydrogens (tertiary/aromatic N) is 1. The van der Waals surface area contributed by atoms with Gasteiger partial charge in [0.15, 0.2) is 0 Å². The lowest BCUT2D eigenvalue weighted by atomic mass is 10.1. The molecule has 1 aromatic rings. The van der Waals surface area contributed by atoms with Crippen LogP contribution in [0, 0.1) is 5.92 Å². The summed E-state index contributed by atoms with van der Waals surface area (Å²) in [5, 5.41) is 10.3. The van der Waals surface area contributed by atoms with Crippen LogP contribution in [0.4, 0.5) is 0 Å². The molecule has 0 heterocycles. The van der Waals surface area contributed by atoms with E-state index in [1.54, 1.807) is 6.07 Å². The van der Waals surface area contributed by atoms with Crippen molar-refractivity contribution in [3.05, 3.63) is 33.8 Å². The highest BCUT2D eigenvalue weighted by atomic mass is 35.5. The third-order valence-corrected chi connectivity index (χ3v) is 2.75. The third kappa shape index (κ3) is 4.71. The molecule has 0 radical (unpaired) electrons. The quantitative estimate of drug-likeness (QED) is 0.881. The monoisotopic (exact) mass is 261 g/mol. The first-order valence-corrected chi connectivity index (χ1v) is 6.01. The summed E-state index contributed by atoms with van der Waals surface area (Å²) in [6, 6.07) is 5.55. The molecule has 0 aliphatic rings. The van der Waals surface area contributed by atoms with E-state index in [0.29, 0.717) is 10.0 Å². The van der Waals surface area contributed by atoms with Crippen LogP contribution in [0.3, 0.4) is 0 Å². The fourth-order valence-electron chi connectivity index (χ4n) is 1.67. The molecule has 0 saturated heterocycles. The van der Waals surface area contributed by atoms with Crippen molar-refractivity contribution in [3.63, 3.8) is 0 Å². The Labute approximate surface area is 107 Å². The second-order valence-corrected chi connectivity index (χ2v) is 5.14. The van der Waals surface area contributed by atoms with Crippen molar-refractivity contribution in [2.75, 3.05) is 20.2 Å². The molecule has 0 saturated carbocycles. The van der Waals surface area contributed by atoms with E-state index in [1.807, 2.05) is 26.1 Å². The van der Waals surface area contributed by atoms with E-state index >= 15 is 0 Å². The van der Waals surface area contributed by atoms with E-state index in [2.05, 4.69) is 4.90 Å². The van der Waals surface area contributed by atoms with Crippen LogP contribution < -0.4 is 0 Å². The molecule has 2 nitrogen and oxygen atoms in total. The lowest BCUT2D eigenvalue weighted by molar-refractivity contribution is 0.188. The SMILES string of the molecule is CC(CO)CN(C)Cc1cc(Cl)cc(Cl)c1. The molecule has 0 spiro atoms. The largest absolute Gasteiger partial charge is 0.396 e. The maximum atomic E-state index is 8.97. The third-order valence-electron chi connectivity index (χ3n) is 2.31. The first-order chi connectivity index (χ1) is 7.51. The summed E-state index contributed by atoms with van der Waals surface area (Å²) in [6.45, 7) is 3.85. The van der Waals surface area contributed by atoms with Gasteiger partial charge in [-0.3, -0.25) is 0 Å². The number of aliphatic hydroxyl groups is 1. The number of halogens is 2. The zero-order valence-electron chi connectivity index (χ0n) is 9.58. The molecule has 1 rings (SSSR count). The topological polar surface area (TPSA) is 23.5 Å². The zero-order chi connectivity index (χ0) is 12.1. The van der Waals surface area contributed by atoms with E-state index in [0.717, 1.165) is 18.7 Å². The van der Waals surface area contributed by atoms with E-state index in [1.165, 1.54) is 0 Å². The van der Waals surface area contributed by atoms with Gasteiger partial charge in [-0.2, -0.15) is 0 Å². The summed E-state index contributed by atoms with van der Waals surface area (Å²) in [5.74, 6) is 0.277. The maximum absolute atomic E-state index is 8.97. The molecule has 0 fully saturated rings. The Hall–Kier alpha value is -0.280. The number of aliphatic hydroxyl groups excluding tert-OH is 1. The Morgan fingerprint density at radius 2 is 1.81 bits per heavy atom. The molecule has 0 aliphatic heterocycles. The smallest absolute Gasteiger partial charge is 0.0468 e. The molecule has 0 aromatic heterocycles. The first-order valence-electron chi connectivity index (χ1n) is 5.25. The van der Waals surface area contributed by atoms with Gasteiger partial charge in [0.05, 0.1) is 0 Å². The molecule has 4 heteroatoms. The Kier molecular flexibility index (Phi) is 5.56. The van der Waals surface area contributed by atoms with Crippen LogP contribution in [-0.4, -0.2) is 30.2 Å². The van der Waals surface area contributed by atoms with Gasteiger partial charge in [-0.25, -0.2) is 0 Å². The van der Waals surface area contributed by atoms with Crippen LogP contribution in [0.1, 0.15) is 12.5 Å². The number of hydrogen-bond donors (Lipinski definition) is 1. The van der Waals surface area contributed by atoms with Gasteiger partial charge in [-0.05, 0) is 36.7 Å². The Morgan fingerprint density at radius 1 is 1.25 bits per heavy atom. The van der Waals surface area contributed by atoms with E-state index in [9.17, 15) is 0 Å². The van der Waals surface area contributed by atoms with Gasteiger partial charge in [0.25, 0.3) is 0 Å². The Balaban J connectivity index is 2.58. The summed E-state index contributed by atoms with van der Waals surface area (Å²) in [5.41, 5.74) is 1.09. The fraction of sp³-hybridized carbons (Fsp3) is 0.500. The predicted molar refractivity (Wildman–Crippen MR) is 69.0 cm³/mol. The Bertz CT molecular complexity index is 324. The van der Waals surface area contributed by atoms with Crippen molar-refractivity contribution >= 4 is 23.2 Å². The van der Waals surface area contributed by atoms with Crippen LogP contribution in [0.2, 0.25) is 10.0 Å². The highest BCUT2D eigenvalue weighted by Gasteiger charge is 2.06. The van der Waals surface area contributed by atoms with Crippen LogP contribution in [0.15, 0.2) is 18.2 Å². The number of rotatable bonds is 5. The molecule has 1 N–H and O–H groups in total. The molecule has 16 heavy (non-hydrogen) atoms. The van der Waals surface area contributed by atoms with Crippen LogP contribution in [-0.2, 0) is 6.54 Å². The summed E-state index contributed by atoms with van der Waals surface area (Å²) >= 11 is 11.8. The van der Waals surface area contributed by atoms with Crippen molar-refractivity contribution in [2.45, 2.75) is 13.5 Å². The van der Waals surface area contributed by atoms with Gasteiger partial charge < -0.3 is 10.0 Å². The normalized spacial score (nSPS) is 13.1. The van der Waals surface area contributed by atoms with E-state index < -0.39 is 0 Å². The highest BCUT2D eigenvalue weighted by Crippen LogP contribution is 2.20. The van der Waals surface area contributed by atoms with Crippen molar-refractivity contribution in [3.8, 4) is 0 Å². The molecule has 90 valence electrons. The molecular formula is C12H17Cl2NO. The van der Waals surface area contributed by atoms with Crippen molar-refractivity contribution in [2.24, 2.45) is 5.92 Å². The van der Waals surface area contributed by atoms with Gasteiger partial charge in [-0.15, -0.1) is 0 Å². The van der Waals surface area contributed by atoms with E-state index in [4.69, 9.17) is 28.3 Å². The maximum Gasteiger partial charge on any atom is 0.0468 e. The average Bonchev–Trinajstić information content (AvgIpc) is 2.15. The molecule has 1 atom stereocenters. The minimum Gasteiger partial charge on any atom is -0.396 e. The second-order valence-electron chi connectivity index (χ2n) is 4.26. The highest BCUT2D eigenvalue weighted by molar-refractivity contribution is 6.34. The lowest BCUT2D eigenvalue weighted by Gasteiger charge is -2.20. The Morgan fingerprint density at radius 3 is 2.31 bits per heavy atom. The van der Waals surface area contributed by atoms with Crippen LogP contribution >= 0.6 is 23.2 Å². The molecular weight excluding hydrogens is 245 g/mol. The van der Waals surface area contributed by atoms with Gasteiger partial charge >= 0.3 is 0 Å². The minimum atomic E-state index is 0.209. The molecule has 0 amide bonds. The van der Waals surface area contributed by atoms with Crippen molar-refractivity contribution in [1.82, 2.24) is 4.90 Å². The number of hydrogen-bond acceptors (Lipinski definition) is 2. The predicted octanol–water partition coefficient (Wildman–Crippen LogP) is 3.05. The first kappa shape index (κ1) is 13.8. The molecule has 1 aromatic carbocycles. The van der Waals surface area contributed by atoms with Gasteiger partial charge in [0, 0.05) is 29.7 Å². The summed E-state index contributed by atoms with van der Waals surface area (Å²) in [7, 11) is 2.01. The van der Waals surface area contributed by atoms with Gasteiger partial charge in [0.1, 0.15) is 0 Å². The zero-order valence-corrected chi connectivity index (χ0v) is 11.1. The number of benzene rings is 1. The fourth-order valence-corrected chi connectivity index (χ4v) is 2.24. The standard InChI is InChI=1S/C12H17Cl2NO/c1-9(8-16)6-15(2)7-10-3-11(13)5-12(14)4-10/h3-5,9,16H,6-8H2,1-2H3. The molecule has 0 bridgehead atoms. The molecule has 1 unspecified atom stereocenters. The second kappa shape index (κ2) is 6.45. The van der Waals surface area contributed by atoms with Gasteiger partial charge in [-0.1, -0.05) is 30.1 Å². The average molecular weight is 262 g/mol. The summed E-state index contributed by atoms with van der Waals surface area (Å²) in [4.78, 5) is 2.14. The molecule has 0 aliphatic carbocycles. The van der Waals surface area contributed by atoms with Crippen molar-refractivity contribution < 1.29 is 5.11 Å². The van der Waals surface area contributed by atoms with E-state index in [-0.39, 0.29) is 12.5 Å². The van der Waals surface area contributed by atoms with Crippen molar-refractivity contribution in [1.29, 1.82) is 0 Å². The summed E-state index contributed by atoms with van der Waals surface area (Å²) < 4.78 is 0. The minimum absolute atomic E-state index is 0.209. The van der Waals surface area contributed by atoms with Crippen LogP contribution in [0.5, 0.6) is 0 Å². The lowest BCUT2D eigenvalue weighted by Crippen LogP contribution is -2.25. The van der Waals surface area contributed by atoms with Crippen LogP contribution in [0.25, 0.3) is 0 Å². The summed E-state index contributed by atoms with van der Waals surface area (Å²) in [6.07, 6.45) is 0. The van der Waals surface area contributed by atoms with Gasteiger partial charge in [0.2, 0.25) is 0 Å².